The van der Waals surface area contributed by atoms with E-state index in [1.54, 1.807) is 95.1 Å². The number of carbonyl (C=O) groups is 10. The number of Topliss-reactive ketones (excluding diaryl/α,β-unsaturated/α-hetero) is 2. The van der Waals surface area contributed by atoms with Gasteiger partial charge in [-0.15, -0.1) is 34.0 Å². The number of aromatic carboxylic acids is 1. The van der Waals surface area contributed by atoms with Crippen LogP contribution in [0.25, 0.3) is 33.1 Å². The smallest absolute Gasteiger partial charge is 0.335 e. The highest BCUT2D eigenvalue weighted by Gasteiger charge is 2.36. The second-order valence-electron chi connectivity index (χ2n) is 30.2. The largest absolute Gasteiger partial charge is 0.478 e. The van der Waals surface area contributed by atoms with Crippen molar-refractivity contribution in [3.05, 3.63) is 188 Å². The molecule has 0 saturated carbocycles. The third kappa shape index (κ3) is 22.8. The van der Waals surface area contributed by atoms with Crippen LogP contribution >= 0.6 is 57.2 Å². The fourth-order valence-corrected chi connectivity index (χ4v) is 19.4. The van der Waals surface area contributed by atoms with Gasteiger partial charge in [-0.05, 0) is 190 Å². The van der Waals surface area contributed by atoms with E-state index in [0.29, 0.717) is 121 Å². The van der Waals surface area contributed by atoms with Gasteiger partial charge in [0.25, 0.3) is 29.5 Å². The maximum atomic E-state index is 13.6. The van der Waals surface area contributed by atoms with Crippen molar-refractivity contribution >= 4 is 171 Å². The lowest BCUT2D eigenvalue weighted by atomic mass is 9.97. The Morgan fingerprint density at radius 1 is 0.472 bits per heavy atom. The fraction of sp³-hybridized carbons (Fsp3) is 0.372. The van der Waals surface area contributed by atoms with Crippen molar-refractivity contribution in [3.63, 3.8) is 0 Å². The molecule has 11 aromatic rings. The summed E-state index contributed by atoms with van der Waals surface area (Å²) in [4.78, 5) is 139. The predicted octanol–water partition coefficient (Wildman–Crippen LogP) is 11.1. The number of anilines is 2. The standard InChI is InChI=1S/C28H26ClN5O3S.C19H20N6O2S.C12H17N3OS.C8H6ClNO.C7H5N3O2.C7H10N2O.C5H9NO/c29-19-6-3-17(4-7-19)13-20(35)15-24-26(28(37)33-10-1-2-11-33)21-9-12-34(16-25(21)38-24)27(36)18-5-8-22-23(14-18)31-32-30-22;20-17-16(19(27)24-6-1-2-7-24)12-5-8-25(10-15(12)28-17)18(26)11-3-4-13-14(9-11)22-23-21-13;13-11-10(12(16)15-5-1-2-6-15)8-3-4-14-7-9(8)17-11;9-7-1-3-8(4-2-7)10-5-6-11;11-7(12)4-1-2-5-6(3-4)9-10-8-5;8-4-3-7(10)9-5-1-2-6-9;7-5-1-3-6-4-2-5/h3-8,14H,1-2,9-13,15-16H2,(H,30,31,32);3-4,9H,1-2,5-8,10,20H2,(H,21,22,23);14H,1-7,13H2;1-6H;1-3H,(H,11,12)(H,8,9,10);1-3,5-6H2;6H,1-4H2. The van der Waals surface area contributed by atoms with E-state index in [0.717, 1.165) is 197 Å². The lowest BCUT2D eigenvalue weighted by molar-refractivity contribution is -0.129. The average Bonchev–Trinajstić information content (AvgIpc) is 1.63. The number of nitrogens with two attached hydrogens (primary N) is 2. The summed E-state index contributed by atoms with van der Waals surface area (Å²) in [5.74, 6) is -0.431. The molecule has 0 aliphatic carbocycles. The quantitative estimate of drug-likeness (QED) is 0.0392. The van der Waals surface area contributed by atoms with Crippen LogP contribution in [0.2, 0.25) is 10.0 Å². The number of ketones is 2. The average molecular weight is 1760 g/mol. The van der Waals surface area contributed by atoms with Gasteiger partial charge in [0.1, 0.15) is 51.1 Å². The molecule has 5 aromatic carbocycles. The van der Waals surface area contributed by atoms with E-state index < -0.39 is 5.97 Å². The number of hydrogen-bond acceptors (Lipinski definition) is 25. The summed E-state index contributed by atoms with van der Waals surface area (Å²) < 4.78 is 0. The maximum Gasteiger partial charge on any atom is 0.335 e. The summed E-state index contributed by atoms with van der Waals surface area (Å²) in [6, 6.07) is 31.2. The number of H-pyrrole nitrogens is 3. The number of halogens is 2. The van der Waals surface area contributed by atoms with Crippen LogP contribution in [0, 0.1) is 11.3 Å². The molecule has 640 valence electrons. The van der Waals surface area contributed by atoms with Crippen LogP contribution < -0.4 is 22.1 Å². The summed E-state index contributed by atoms with van der Waals surface area (Å²) >= 11 is 16.1. The molecule has 5 fully saturated rings. The number of likely N-dealkylation sites (tertiary alicyclic amines) is 4. The molecule has 19 rings (SSSR count). The minimum absolute atomic E-state index is 0.0139. The van der Waals surface area contributed by atoms with E-state index in [1.807, 2.05) is 42.7 Å². The number of amides is 6. The Labute approximate surface area is 729 Å². The Kier molecular flexibility index (Phi) is 30.8. The number of piperidine rings is 1. The Balaban J connectivity index is 0.000000134. The van der Waals surface area contributed by atoms with Gasteiger partial charge in [-0.1, -0.05) is 35.3 Å². The Morgan fingerprint density at radius 3 is 1.35 bits per heavy atom. The van der Waals surface area contributed by atoms with Gasteiger partial charge in [-0.25, -0.2) is 4.79 Å². The Bertz CT molecular complexity index is 5720. The minimum atomic E-state index is -0.958. The molecule has 0 atom stereocenters. The van der Waals surface area contributed by atoms with Crippen molar-refractivity contribution in [2.75, 3.05) is 96.5 Å². The molecule has 8 aliphatic heterocycles. The molecule has 10 N–H and O–H groups in total. The van der Waals surface area contributed by atoms with Gasteiger partial charge in [-0.3, -0.25) is 48.1 Å². The number of carbonyl (C=O) groups excluding carboxylic acids is 9. The summed E-state index contributed by atoms with van der Waals surface area (Å²) in [7, 11) is 0. The zero-order chi connectivity index (χ0) is 86.5. The predicted molar refractivity (Wildman–Crippen MR) is 471 cm³/mol. The maximum absolute atomic E-state index is 13.6. The molecule has 123 heavy (non-hydrogen) atoms. The number of nitrogens with one attached hydrogen (secondary N) is 5. The summed E-state index contributed by atoms with van der Waals surface area (Å²) in [5.41, 5.74) is 24.6. The molecule has 0 unspecified atom stereocenters. The number of nitrogen functional groups attached to an aromatic ring is 2. The van der Waals surface area contributed by atoms with Crippen molar-refractivity contribution in [1.82, 2.24) is 86.3 Å². The second kappa shape index (κ2) is 42.6. The first-order valence-corrected chi connectivity index (χ1v) is 44.0. The van der Waals surface area contributed by atoms with Crippen LogP contribution in [0.5, 0.6) is 0 Å². The third-order valence-corrected chi connectivity index (χ3v) is 25.7. The number of nitriles is 1. The van der Waals surface area contributed by atoms with Crippen molar-refractivity contribution < 1.29 is 53.1 Å². The number of rotatable bonds is 13. The van der Waals surface area contributed by atoms with Gasteiger partial charge in [-0.2, -0.15) is 51.5 Å². The summed E-state index contributed by atoms with van der Waals surface area (Å²) in [6.07, 6.45) is 14.5. The van der Waals surface area contributed by atoms with Crippen LogP contribution in [0.3, 0.4) is 0 Å². The van der Waals surface area contributed by atoms with E-state index in [2.05, 4.69) is 61.9 Å². The third-order valence-electron chi connectivity index (χ3n) is 21.9. The van der Waals surface area contributed by atoms with Crippen LogP contribution in [0.4, 0.5) is 15.7 Å². The van der Waals surface area contributed by atoms with Crippen LogP contribution in [0.15, 0.2) is 108 Å². The molecular weight excluding hydrogens is 1670 g/mol. The van der Waals surface area contributed by atoms with Gasteiger partial charge in [0, 0.05) is 151 Å². The normalized spacial score (nSPS) is 15.7. The molecule has 0 bridgehead atoms. The van der Waals surface area contributed by atoms with Crippen LogP contribution in [-0.4, -0.2) is 231 Å². The molecule has 37 heteroatoms. The number of aldehydes is 1. The van der Waals surface area contributed by atoms with Crippen LogP contribution in [0.1, 0.15) is 175 Å². The number of carboxylic acid groups (broad SMARTS) is 1. The van der Waals surface area contributed by atoms with E-state index in [4.69, 9.17) is 45.0 Å². The first-order chi connectivity index (χ1) is 59.7. The molecule has 14 heterocycles. The zero-order valence-corrected chi connectivity index (χ0v) is 71.5. The van der Waals surface area contributed by atoms with E-state index in [9.17, 15) is 47.9 Å². The van der Waals surface area contributed by atoms with E-state index >= 15 is 0 Å². The molecule has 8 aliphatic rings. The van der Waals surface area contributed by atoms with Crippen LogP contribution in [-0.2, 0) is 70.9 Å². The number of carboxylic acids is 1. The zero-order valence-electron chi connectivity index (χ0n) is 67.5. The number of aromatic amines is 3. The number of aromatic nitrogens is 9. The van der Waals surface area contributed by atoms with Crippen molar-refractivity contribution in [2.45, 2.75) is 122 Å². The summed E-state index contributed by atoms with van der Waals surface area (Å²) in [6.45, 7) is 12.1. The molecule has 0 spiro atoms. The van der Waals surface area contributed by atoms with Gasteiger partial charge >= 0.3 is 5.97 Å². The number of nitrogens with zero attached hydrogens (tertiary/aromatic N) is 14. The van der Waals surface area contributed by atoms with Crippen molar-refractivity contribution in [3.8, 4) is 6.07 Å². The van der Waals surface area contributed by atoms with Gasteiger partial charge in [0.05, 0.1) is 63.3 Å². The fourth-order valence-electron chi connectivity index (χ4n) is 15.5. The van der Waals surface area contributed by atoms with Gasteiger partial charge < -0.3 is 56.6 Å². The number of benzene rings is 5. The Morgan fingerprint density at radius 2 is 0.886 bits per heavy atom. The lowest BCUT2D eigenvalue weighted by Crippen LogP contribution is -2.36. The monoisotopic (exact) mass is 1760 g/mol. The molecule has 6 aromatic heterocycles. The summed E-state index contributed by atoms with van der Waals surface area (Å²) in [5, 5.41) is 57.1. The first-order valence-electron chi connectivity index (χ1n) is 40.8. The number of thiophene rings is 3. The second-order valence-corrected chi connectivity index (χ2v) is 34.5. The van der Waals surface area contributed by atoms with E-state index in [-0.39, 0.29) is 66.1 Å². The van der Waals surface area contributed by atoms with Gasteiger partial charge in [0.2, 0.25) is 5.91 Å². The first kappa shape index (κ1) is 88.7. The van der Waals surface area contributed by atoms with Crippen molar-refractivity contribution in [1.29, 1.82) is 5.26 Å². The Hall–Kier alpha value is -12.0. The van der Waals surface area contributed by atoms with Gasteiger partial charge in [0.15, 0.2) is 6.29 Å². The molecule has 6 amide bonds. The van der Waals surface area contributed by atoms with E-state index in [1.165, 1.54) is 51.5 Å². The topological polar surface area (TPSA) is 447 Å². The number of aliphatic imine (C=N–C) groups is 1. The highest BCUT2D eigenvalue weighted by Crippen LogP contribution is 2.40. The molecule has 0 radical (unpaired) electrons. The molecular formula is C86H93Cl2N21O11S3. The number of fused-ring (bicyclic) bond motifs is 6. The highest BCUT2D eigenvalue weighted by molar-refractivity contribution is 7.17. The number of hydrogen-bond donors (Lipinski definition) is 8. The van der Waals surface area contributed by atoms with Crippen molar-refractivity contribution in [2.24, 2.45) is 4.99 Å². The molecule has 32 nitrogen and oxygen atoms in total. The SMILES string of the molecule is N#CCC(=O)N1CCCC1.Nc1sc2c(c1C(=O)N1CCCC1)CCN(C(=O)c1ccc3n[nH]nc3c1)C2.Nc1sc2c(c1C(=O)N1CCCC1)CCNC2.O=C(Cc1ccc(Cl)cc1)Cc1sc2c(c1C(=O)N1CCCC1)CCN(C(=O)c1ccc3n[nH]nc3c1)C2.O=C(O)c1ccc2n[nH]nc2c1.O=C1CCNCC1.O=CC=Nc1ccc(Cl)cc1. The lowest BCUT2D eigenvalue weighted by Gasteiger charge is -2.28. The molecule has 5 saturated heterocycles. The highest BCUT2D eigenvalue weighted by atomic mass is 35.5. The minimum Gasteiger partial charge on any atom is -0.478 e.